The van der Waals surface area contributed by atoms with E-state index in [0.717, 1.165) is 10.7 Å². The first-order valence-corrected chi connectivity index (χ1v) is 3.60. The number of hydrogen-bond donors (Lipinski definition) is 0. The standard InChI is InChI=1S/C6H7NO2S/c1-4-6(9-3-8)10-5(2)7-4/h3H,1-2H3. The number of aryl methyl sites for hydroxylation is 2. The monoisotopic (exact) mass is 157 g/mol. The summed E-state index contributed by atoms with van der Waals surface area (Å²) in [6, 6.07) is 0. The molecule has 0 N–H and O–H groups in total. The molecule has 0 spiro atoms. The van der Waals surface area contributed by atoms with Crippen LogP contribution in [0.5, 0.6) is 5.06 Å². The Morgan fingerprint density at radius 3 is 2.70 bits per heavy atom. The average Bonchev–Trinajstić information content (AvgIpc) is 2.13. The number of carbonyl (C=O) groups excluding carboxylic acids is 1. The van der Waals surface area contributed by atoms with Gasteiger partial charge >= 0.3 is 0 Å². The Kier molecular flexibility index (Phi) is 2.01. The van der Waals surface area contributed by atoms with Gasteiger partial charge in [0.25, 0.3) is 6.47 Å². The van der Waals surface area contributed by atoms with Gasteiger partial charge in [0, 0.05) is 0 Å². The van der Waals surface area contributed by atoms with Gasteiger partial charge in [0.2, 0.25) is 5.06 Å². The van der Waals surface area contributed by atoms with Crippen LogP contribution >= 0.6 is 11.3 Å². The molecular weight excluding hydrogens is 150 g/mol. The maximum absolute atomic E-state index is 9.89. The molecule has 1 rings (SSSR count). The second-order valence-corrected chi connectivity index (χ2v) is 2.99. The summed E-state index contributed by atoms with van der Waals surface area (Å²) < 4.78 is 4.63. The van der Waals surface area contributed by atoms with Crippen molar-refractivity contribution < 1.29 is 9.53 Å². The Labute approximate surface area is 62.7 Å². The van der Waals surface area contributed by atoms with Crippen molar-refractivity contribution in [1.29, 1.82) is 0 Å². The number of thiazole rings is 1. The number of hydrogen-bond acceptors (Lipinski definition) is 4. The fraction of sp³-hybridized carbons (Fsp3) is 0.333. The third-order valence-electron chi connectivity index (χ3n) is 1.02. The molecule has 0 bridgehead atoms. The van der Waals surface area contributed by atoms with Crippen LogP contribution in [-0.4, -0.2) is 11.5 Å². The van der Waals surface area contributed by atoms with Gasteiger partial charge in [0.1, 0.15) is 0 Å². The summed E-state index contributed by atoms with van der Waals surface area (Å²) >= 11 is 1.37. The molecule has 0 aliphatic rings. The molecule has 0 atom stereocenters. The highest BCUT2D eigenvalue weighted by atomic mass is 32.1. The van der Waals surface area contributed by atoms with Gasteiger partial charge in [-0.25, -0.2) is 4.98 Å². The molecule has 0 amide bonds. The Morgan fingerprint density at radius 1 is 1.60 bits per heavy atom. The normalized spacial score (nSPS) is 9.40. The van der Waals surface area contributed by atoms with Crippen molar-refractivity contribution in [1.82, 2.24) is 4.98 Å². The van der Waals surface area contributed by atoms with Crippen LogP contribution in [0.25, 0.3) is 0 Å². The molecule has 1 aromatic heterocycles. The van der Waals surface area contributed by atoms with Gasteiger partial charge in [-0.15, -0.1) is 0 Å². The predicted molar refractivity (Wildman–Crippen MR) is 38.3 cm³/mol. The van der Waals surface area contributed by atoms with Gasteiger partial charge in [-0.1, -0.05) is 11.3 Å². The average molecular weight is 157 g/mol. The molecule has 0 radical (unpaired) electrons. The van der Waals surface area contributed by atoms with Crippen LogP contribution in [0.3, 0.4) is 0 Å². The number of nitrogens with zero attached hydrogens (tertiary/aromatic N) is 1. The Balaban J connectivity index is 2.91. The fourth-order valence-corrected chi connectivity index (χ4v) is 1.40. The summed E-state index contributed by atoms with van der Waals surface area (Å²) in [7, 11) is 0. The molecule has 0 saturated carbocycles. The lowest BCUT2D eigenvalue weighted by molar-refractivity contribution is -0.120. The predicted octanol–water partition coefficient (Wildman–Crippen LogP) is 1.30. The quantitative estimate of drug-likeness (QED) is 0.607. The van der Waals surface area contributed by atoms with Crippen molar-refractivity contribution in [2.24, 2.45) is 0 Å². The van der Waals surface area contributed by atoms with Gasteiger partial charge in [0.05, 0.1) is 10.7 Å². The highest BCUT2D eigenvalue weighted by molar-refractivity contribution is 7.13. The Morgan fingerprint density at radius 2 is 2.30 bits per heavy atom. The van der Waals surface area contributed by atoms with Crippen LogP contribution in [0.2, 0.25) is 0 Å². The van der Waals surface area contributed by atoms with Gasteiger partial charge in [-0.2, -0.15) is 0 Å². The van der Waals surface area contributed by atoms with Crippen LogP contribution in [0, 0.1) is 13.8 Å². The van der Waals surface area contributed by atoms with Gasteiger partial charge in [-0.3, -0.25) is 4.79 Å². The molecular formula is C6H7NO2S. The summed E-state index contributed by atoms with van der Waals surface area (Å²) in [6.07, 6.45) is 0. The van der Waals surface area contributed by atoms with Gasteiger partial charge in [0.15, 0.2) is 0 Å². The van der Waals surface area contributed by atoms with Crippen molar-refractivity contribution >= 4 is 17.8 Å². The van der Waals surface area contributed by atoms with Crippen LogP contribution < -0.4 is 4.74 Å². The number of aromatic nitrogens is 1. The molecule has 10 heavy (non-hydrogen) atoms. The van der Waals surface area contributed by atoms with E-state index in [1.807, 2.05) is 13.8 Å². The lowest BCUT2D eigenvalue weighted by Crippen LogP contribution is -1.86. The lowest BCUT2D eigenvalue weighted by Gasteiger charge is -1.88. The van der Waals surface area contributed by atoms with Crippen molar-refractivity contribution in [3.63, 3.8) is 0 Å². The van der Waals surface area contributed by atoms with E-state index >= 15 is 0 Å². The SMILES string of the molecule is Cc1nc(C)c(OC=O)s1. The largest absolute Gasteiger partial charge is 0.416 e. The van der Waals surface area contributed by atoms with Crippen LogP contribution in [-0.2, 0) is 4.79 Å². The molecule has 3 nitrogen and oxygen atoms in total. The molecule has 4 heteroatoms. The molecule has 0 aromatic carbocycles. The topological polar surface area (TPSA) is 39.2 Å². The zero-order valence-electron chi connectivity index (χ0n) is 5.75. The van der Waals surface area contributed by atoms with Crippen LogP contribution in [0.15, 0.2) is 0 Å². The van der Waals surface area contributed by atoms with Crippen molar-refractivity contribution in [2.75, 3.05) is 0 Å². The van der Waals surface area contributed by atoms with E-state index in [4.69, 9.17) is 0 Å². The van der Waals surface area contributed by atoms with E-state index in [2.05, 4.69) is 9.72 Å². The first-order valence-electron chi connectivity index (χ1n) is 2.78. The minimum atomic E-state index is 0.417. The molecule has 1 heterocycles. The van der Waals surface area contributed by atoms with E-state index in [-0.39, 0.29) is 0 Å². The minimum absolute atomic E-state index is 0.417. The van der Waals surface area contributed by atoms with E-state index in [0.29, 0.717) is 11.5 Å². The number of carbonyl (C=O) groups is 1. The fourth-order valence-electron chi connectivity index (χ4n) is 0.666. The molecule has 0 aliphatic heterocycles. The Hall–Kier alpha value is -0.900. The van der Waals surface area contributed by atoms with Crippen LogP contribution in [0.1, 0.15) is 10.7 Å². The molecule has 1 aromatic rings. The van der Waals surface area contributed by atoms with E-state index < -0.39 is 0 Å². The molecule has 0 aliphatic carbocycles. The molecule has 0 saturated heterocycles. The van der Waals surface area contributed by atoms with E-state index in [1.54, 1.807) is 0 Å². The first-order chi connectivity index (χ1) is 4.74. The summed E-state index contributed by atoms with van der Waals surface area (Å²) in [6.45, 7) is 4.09. The maximum Gasteiger partial charge on any atom is 0.299 e. The van der Waals surface area contributed by atoms with E-state index in [9.17, 15) is 4.79 Å². The van der Waals surface area contributed by atoms with Gasteiger partial charge < -0.3 is 4.74 Å². The number of ether oxygens (including phenoxy) is 1. The van der Waals surface area contributed by atoms with Gasteiger partial charge in [-0.05, 0) is 13.8 Å². The second-order valence-electron chi connectivity index (χ2n) is 1.82. The van der Waals surface area contributed by atoms with Crippen LogP contribution in [0.4, 0.5) is 0 Å². The van der Waals surface area contributed by atoms with Crippen molar-refractivity contribution in [2.45, 2.75) is 13.8 Å². The lowest BCUT2D eigenvalue weighted by atomic mass is 10.5. The van der Waals surface area contributed by atoms with Crippen molar-refractivity contribution in [3.8, 4) is 5.06 Å². The molecule has 54 valence electrons. The third-order valence-corrected chi connectivity index (χ3v) is 1.98. The van der Waals surface area contributed by atoms with Crippen molar-refractivity contribution in [3.05, 3.63) is 10.7 Å². The second kappa shape index (κ2) is 2.79. The highest BCUT2D eigenvalue weighted by Gasteiger charge is 2.03. The minimum Gasteiger partial charge on any atom is -0.416 e. The molecule has 0 fully saturated rings. The summed E-state index contributed by atoms with van der Waals surface area (Å²) in [4.78, 5) is 14.0. The smallest absolute Gasteiger partial charge is 0.299 e. The van der Waals surface area contributed by atoms with E-state index in [1.165, 1.54) is 11.3 Å². The third kappa shape index (κ3) is 1.33. The number of rotatable bonds is 2. The molecule has 0 unspecified atom stereocenters. The zero-order chi connectivity index (χ0) is 7.56. The Bertz CT molecular complexity index is 244. The zero-order valence-corrected chi connectivity index (χ0v) is 6.57. The summed E-state index contributed by atoms with van der Waals surface area (Å²) in [5.41, 5.74) is 0.773. The highest BCUT2D eigenvalue weighted by Crippen LogP contribution is 2.24. The first kappa shape index (κ1) is 7.21. The summed E-state index contributed by atoms with van der Waals surface area (Å²) in [5.74, 6) is 0. The maximum atomic E-state index is 9.89. The summed E-state index contributed by atoms with van der Waals surface area (Å²) in [5, 5.41) is 1.50.